The lowest BCUT2D eigenvalue weighted by Gasteiger charge is -2.09. The average Bonchev–Trinajstić information content (AvgIpc) is 3.01. The Bertz CT molecular complexity index is 896. The van der Waals surface area contributed by atoms with Gasteiger partial charge in [-0.15, -0.1) is 5.10 Å². The highest BCUT2D eigenvalue weighted by molar-refractivity contribution is 6.35. The third-order valence-electron chi connectivity index (χ3n) is 3.30. The fourth-order valence-electron chi connectivity index (χ4n) is 2.11. The zero-order valence-corrected chi connectivity index (χ0v) is 14.6. The van der Waals surface area contributed by atoms with Gasteiger partial charge in [-0.2, -0.15) is 0 Å². The summed E-state index contributed by atoms with van der Waals surface area (Å²) in [5, 5.41) is 14.9. The molecule has 0 aliphatic rings. The number of amides is 1. The van der Waals surface area contributed by atoms with Gasteiger partial charge in [0, 0.05) is 23.3 Å². The number of carbonyl (C=O) groups is 1. The predicted molar refractivity (Wildman–Crippen MR) is 94.8 cm³/mol. The Labute approximate surface area is 153 Å². The quantitative estimate of drug-likeness (QED) is 0.737. The number of halogens is 2. The van der Waals surface area contributed by atoms with Crippen LogP contribution in [-0.2, 0) is 11.8 Å². The van der Waals surface area contributed by atoms with Gasteiger partial charge in [-0.25, -0.2) is 4.68 Å². The molecule has 1 amide bonds. The van der Waals surface area contributed by atoms with Crippen LogP contribution < -0.4 is 10.1 Å². The molecular formula is C16H13Cl2N5O2. The number of ether oxygens (including phenoxy) is 1. The van der Waals surface area contributed by atoms with Crippen LogP contribution in [0.3, 0.4) is 0 Å². The van der Waals surface area contributed by atoms with Gasteiger partial charge in [0.25, 0.3) is 5.91 Å². The lowest BCUT2D eigenvalue weighted by atomic mass is 10.2. The summed E-state index contributed by atoms with van der Waals surface area (Å²) in [6.07, 6.45) is 0. The lowest BCUT2D eigenvalue weighted by Crippen LogP contribution is -2.20. The molecule has 0 aliphatic carbocycles. The fourth-order valence-corrected chi connectivity index (χ4v) is 2.57. The molecule has 1 N–H and O–H groups in total. The second-order valence-corrected chi connectivity index (χ2v) is 5.96. The molecule has 0 unspecified atom stereocenters. The van der Waals surface area contributed by atoms with Crippen molar-refractivity contribution >= 4 is 34.8 Å². The predicted octanol–water partition coefficient (Wildman–Crippen LogP) is 3.20. The van der Waals surface area contributed by atoms with E-state index in [1.807, 2.05) is 12.1 Å². The summed E-state index contributed by atoms with van der Waals surface area (Å²) in [4.78, 5) is 12.0. The van der Waals surface area contributed by atoms with E-state index >= 15 is 0 Å². The first-order chi connectivity index (χ1) is 12.0. The monoisotopic (exact) mass is 377 g/mol. The third-order valence-corrected chi connectivity index (χ3v) is 3.83. The van der Waals surface area contributed by atoms with Crippen LogP contribution in [0.1, 0.15) is 0 Å². The first-order valence-corrected chi connectivity index (χ1v) is 7.99. The van der Waals surface area contributed by atoms with Gasteiger partial charge in [-0.05, 0) is 52.9 Å². The summed E-state index contributed by atoms with van der Waals surface area (Å²) in [7, 11) is 1.75. The summed E-state index contributed by atoms with van der Waals surface area (Å²) in [6.45, 7) is -0.170. The van der Waals surface area contributed by atoms with Crippen LogP contribution in [0.5, 0.6) is 5.75 Å². The first kappa shape index (κ1) is 17.2. The Hall–Kier alpha value is -2.64. The number of anilines is 1. The normalized spacial score (nSPS) is 10.5. The Morgan fingerprint density at radius 3 is 2.60 bits per heavy atom. The average molecular weight is 378 g/mol. The Morgan fingerprint density at radius 2 is 1.96 bits per heavy atom. The Balaban J connectivity index is 1.58. The molecule has 0 saturated carbocycles. The molecule has 0 atom stereocenters. The summed E-state index contributed by atoms with van der Waals surface area (Å²) in [6, 6.07) is 12.0. The number of benzene rings is 2. The molecule has 2 aromatic carbocycles. The number of nitrogens with zero attached hydrogens (tertiary/aromatic N) is 4. The van der Waals surface area contributed by atoms with Crippen LogP contribution >= 0.6 is 23.2 Å². The van der Waals surface area contributed by atoms with Crippen molar-refractivity contribution in [3.05, 3.63) is 52.5 Å². The first-order valence-electron chi connectivity index (χ1n) is 7.23. The summed E-state index contributed by atoms with van der Waals surface area (Å²) < 4.78 is 6.96. The fraction of sp³-hybridized carbons (Fsp3) is 0.125. The van der Waals surface area contributed by atoms with Gasteiger partial charge >= 0.3 is 0 Å². The number of hydrogen-bond acceptors (Lipinski definition) is 5. The van der Waals surface area contributed by atoms with E-state index in [1.165, 1.54) is 0 Å². The number of nitrogens with one attached hydrogen (secondary N) is 1. The van der Waals surface area contributed by atoms with Gasteiger partial charge in [-0.3, -0.25) is 4.79 Å². The SMILES string of the molecule is Cn1nnnc1-c1ccc(NC(=O)COc2ccc(Cl)cc2Cl)cc1. The maximum atomic E-state index is 12.0. The van der Waals surface area contributed by atoms with Gasteiger partial charge < -0.3 is 10.1 Å². The van der Waals surface area contributed by atoms with Gasteiger partial charge in [-0.1, -0.05) is 23.2 Å². The molecule has 0 fully saturated rings. The van der Waals surface area contributed by atoms with Crippen molar-refractivity contribution < 1.29 is 9.53 Å². The van der Waals surface area contributed by atoms with E-state index in [2.05, 4.69) is 20.8 Å². The van der Waals surface area contributed by atoms with Crippen molar-refractivity contribution in [1.82, 2.24) is 20.2 Å². The molecule has 0 radical (unpaired) electrons. The molecule has 0 aliphatic heterocycles. The zero-order chi connectivity index (χ0) is 17.8. The molecule has 1 heterocycles. The molecule has 128 valence electrons. The van der Waals surface area contributed by atoms with Gasteiger partial charge in [0.2, 0.25) is 0 Å². The van der Waals surface area contributed by atoms with Gasteiger partial charge in [0.15, 0.2) is 12.4 Å². The number of rotatable bonds is 5. The molecular weight excluding hydrogens is 365 g/mol. The Kier molecular flexibility index (Phi) is 5.16. The number of aryl methyl sites for hydroxylation is 1. The van der Waals surface area contributed by atoms with Crippen LogP contribution in [0, 0.1) is 0 Å². The van der Waals surface area contributed by atoms with Crippen LogP contribution in [0.4, 0.5) is 5.69 Å². The minimum Gasteiger partial charge on any atom is -0.482 e. The minimum absolute atomic E-state index is 0.170. The standard InChI is InChI=1S/C16H13Cl2N5O2/c1-23-16(20-21-22-23)10-2-5-12(6-3-10)19-15(24)9-25-14-7-4-11(17)8-13(14)18/h2-8H,9H2,1H3,(H,19,24). The van der Waals surface area contributed by atoms with E-state index in [9.17, 15) is 4.79 Å². The van der Waals surface area contributed by atoms with E-state index in [-0.39, 0.29) is 12.5 Å². The number of carbonyl (C=O) groups excluding carboxylic acids is 1. The van der Waals surface area contributed by atoms with Crippen molar-refractivity contribution in [1.29, 1.82) is 0 Å². The highest BCUT2D eigenvalue weighted by Crippen LogP contribution is 2.27. The molecule has 25 heavy (non-hydrogen) atoms. The maximum Gasteiger partial charge on any atom is 0.262 e. The van der Waals surface area contributed by atoms with Crippen LogP contribution in [-0.4, -0.2) is 32.7 Å². The van der Waals surface area contributed by atoms with E-state index < -0.39 is 0 Å². The molecule has 0 bridgehead atoms. The van der Waals surface area contributed by atoms with Gasteiger partial charge in [0.05, 0.1) is 5.02 Å². The van der Waals surface area contributed by atoms with Crippen LogP contribution in [0.2, 0.25) is 10.0 Å². The molecule has 3 aromatic rings. The van der Waals surface area contributed by atoms with Crippen molar-refractivity contribution in [2.45, 2.75) is 0 Å². The maximum absolute atomic E-state index is 12.0. The second kappa shape index (κ2) is 7.50. The van der Waals surface area contributed by atoms with Crippen molar-refractivity contribution in [3.63, 3.8) is 0 Å². The zero-order valence-electron chi connectivity index (χ0n) is 13.1. The summed E-state index contributed by atoms with van der Waals surface area (Å²) in [5.74, 6) is 0.726. The van der Waals surface area contributed by atoms with Gasteiger partial charge in [0.1, 0.15) is 5.75 Å². The Morgan fingerprint density at radius 1 is 1.20 bits per heavy atom. The molecule has 9 heteroatoms. The molecule has 0 spiro atoms. The van der Waals surface area contributed by atoms with Crippen molar-refractivity contribution in [3.8, 4) is 17.1 Å². The highest BCUT2D eigenvalue weighted by Gasteiger charge is 2.09. The summed E-state index contributed by atoms with van der Waals surface area (Å²) >= 11 is 11.8. The second-order valence-electron chi connectivity index (χ2n) is 5.12. The molecule has 7 nitrogen and oxygen atoms in total. The smallest absolute Gasteiger partial charge is 0.262 e. The van der Waals surface area contributed by atoms with Crippen LogP contribution in [0.25, 0.3) is 11.4 Å². The largest absolute Gasteiger partial charge is 0.482 e. The number of tetrazole rings is 1. The third kappa shape index (κ3) is 4.26. The highest BCUT2D eigenvalue weighted by atomic mass is 35.5. The molecule has 0 saturated heterocycles. The van der Waals surface area contributed by atoms with E-state index in [0.29, 0.717) is 27.3 Å². The van der Waals surface area contributed by atoms with Crippen molar-refractivity contribution in [2.75, 3.05) is 11.9 Å². The number of hydrogen-bond donors (Lipinski definition) is 1. The van der Waals surface area contributed by atoms with Crippen molar-refractivity contribution in [2.24, 2.45) is 7.05 Å². The topological polar surface area (TPSA) is 81.9 Å². The molecule has 3 rings (SSSR count). The van der Waals surface area contributed by atoms with Crippen LogP contribution in [0.15, 0.2) is 42.5 Å². The van der Waals surface area contributed by atoms with E-state index in [0.717, 1.165) is 5.56 Å². The number of aromatic nitrogens is 4. The van der Waals surface area contributed by atoms with E-state index in [4.69, 9.17) is 27.9 Å². The summed E-state index contributed by atoms with van der Waals surface area (Å²) in [5.41, 5.74) is 1.48. The molecule has 1 aromatic heterocycles. The lowest BCUT2D eigenvalue weighted by molar-refractivity contribution is -0.118. The van der Waals surface area contributed by atoms with E-state index in [1.54, 1.807) is 42.1 Å². The minimum atomic E-state index is -0.306.